The fraction of sp³-hybridized carbons (Fsp3) is 0.235. The van der Waals surface area contributed by atoms with Crippen LogP contribution in [0, 0.1) is 36.0 Å². The highest BCUT2D eigenvalue weighted by Crippen LogP contribution is 2.28. The van der Waals surface area contributed by atoms with Crippen molar-refractivity contribution in [1.82, 2.24) is 10.3 Å². The van der Waals surface area contributed by atoms with Gasteiger partial charge in [-0.05, 0) is 23.7 Å². The molecular weight excluding hydrogens is 495 g/mol. The Morgan fingerprint density at radius 1 is 1.09 bits per heavy atom. The van der Waals surface area contributed by atoms with Crippen LogP contribution >= 0.6 is 0 Å². The maximum absolute atomic E-state index is 14.0. The van der Waals surface area contributed by atoms with E-state index in [0.29, 0.717) is 0 Å². The van der Waals surface area contributed by atoms with Gasteiger partial charge in [-0.3, -0.25) is 14.3 Å². The van der Waals surface area contributed by atoms with Crippen LogP contribution in [0.4, 0.5) is 27.6 Å². The number of hydrogen-bond acceptors (Lipinski definition) is 6. The van der Waals surface area contributed by atoms with Crippen LogP contribution in [-0.2, 0) is 26.1 Å². The molecule has 0 aliphatic rings. The van der Waals surface area contributed by atoms with E-state index in [4.69, 9.17) is 11.5 Å². The number of pyridine rings is 1. The summed E-state index contributed by atoms with van der Waals surface area (Å²) >= 11 is 0. The van der Waals surface area contributed by atoms with Gasteiger partial charge in [-0.15, -0.1) is 0 Å². The number of aryl methyl sites for hydroxylation is 1. The first-order valence-electron chi connectivity index (χ1n) is 9.00. The molecule has 34 heavy (non-hydrogen) atoms. The maximum atomic E-state index is 14.0. The largest absolute Gasteiger partial charge is 0.391 e. The minimum absolute atomic E-state index is 0.108. The molecule has 0 spiro atoms. The van der Waals surface area contributed by atoms with E-state index in [1.54, 1.807) is 0 Å². The Balaban J connectivity index is 2.36. The second-order valence-corrected chi connectivity index (χ2v) is 8.18. The lowest BCUT2D eigenvalue weighted by Crippen LogP contribution is -2.31. The summed E-state index contributed by atoms with van der Waals surface area (Å²) < 4.78 is 94.6. The molecule has 1 heterocycles. The van der Waals surface area contributed by atoms with Crippen LogP contribution in [0.3, 0.4) is 0 Å². The number of carbonyl (C=O) groups excluding carboxylic acids is 1. The summed E-state index contributed by atoms with van der Waals surface area (Å²) in [5.41, 5.74) is 7.95. The van der Waals surface area contributed by atoms with Crippen molar-refractivity contribution in [2.45, 2.75) is 18.2 Å². The second kappa shape index (κ2) is 10.4. The number of nitrogens with one attached hydrogen (secondary N) is 3. The molecule has 0 bridgehead atoms. The molecule has 1 aromatic carbocycles. The molecule has 2 aromatic rings. The number of hydrogen-bond donors (Lipinski definition) is 5. The zero-order valence-electron chi connectivity index (χ0n) is 17.1. The average molecular weight is 512 g/mol. The van der Waals surface area contributed by atoms with Gasteiger partial charge in [0.25, 0.3) is 15.6 Å². The van der Waals surface area contributed by atoms with E-state index in [-0.39, 0.29) is 30.4 Å². The summed E-state index contributed by atoms with van der Waals surface area (Å²) in [6, 6.07) is 1.16. The smallest absolute Gasteiger partial charge is 0.272 e. The molecule has 1 aromatic heterocycles. The Kier molecular flexibility index (Phi) is 8.04. The van der Waals surface area contributed by atoms with Crippen LogP contribution < -0.4 is 27.1 Å². The lowest BCUT2D eigenvalue weighted by atomic mass is 10.1. The van der Waals surface area contributed by atoms with Crippen LogP contribution in [0.2, 0.25) is 0 Å². The van der Waals surface area contributed by atoms with Gasteiger partial charge in [0.15, 0.2) is 28.2 Å². The number of sulfonamides is 1. The fourth-order valence-corrected chi connectivity index (χ4v) is 3.85. The highest BCUT2D eigenvalue weighted by Gasteiger charge is 2.34. The van der Waals surface area contributed by atoms with Gasteiger partial charge < -0.3 is 26.6 Å². The molecule has 0 saturated heterocycles. The Morgan fingerprint density at radius 3 is 2.21 bits per heavy atom. The number of rotatable bonds is 9. The van der Waals surface area contributed by atoms with Crippen LogP contribution in [0.15, 0.2) is 20.9 Å². The van der Waals surface area contributed by atoms with Crippen LogP contribution in [0.1, 0.15) is 11.3 Å². The molecule has 0 saturated carbocycles. The Morgan fingerprint density at radius 2 is 1.65 bits per heavy atom. The summed E-state index contributed by atoms with van der Waals surface area (Å²) in [7, 11) is -5.52. The predicted molar refractivity (Wildman–Crippen MR) is 107 cm³/mol. The van der Waals surface area contributed by atoms with Gasteiger partial charge >= 0.3 is 0 Å². The number of H-pyrrole nitrogens is 1. The molecular formula is C17H17F5N6O5S. The first-order valence-corrected chi connectivity index (χ1v) is 10.5. The standard InChI is InChI=1S/C17H17F5N6O5S/c1-6-4-7(5-8(29)25-2-3-33-27-17(23)24)14(16(30)26-6)28-34(31,32)15-12(21)10(19)9(18)11(20)13(15)22/h4,28H,2-3,5H2,1H3,(H,25,29)(H,26,30)(H4,23,24,27). The van der Waals surface area contributed by atoms with Crippen molar-refractivity contribution in [3.8, 4) is 0 Å². The van der Waals surface area contributed by atoms with Crippen molar-refractivity contribution >= 4 is 27.6 Å². The molecule has 0 atom stereocenters. The number of amides is 1. The van der Waals surface area contributed by atoms with Gasteiger partial charge in [0.2, 0.25) is 17.7 Å². The number of oxime groups is 1. The fourth-order valence-electron chi connectivity index (χ4n) is 2.61. The number of anilines is 1. The van der Waals surface area contributed by atoms with E-state index < -0.39 is 67.6 Å². The monoisotopic (exact) mass is 512 g/mol. The highest BCUT2D eigenvalue weighted by atomic mass is 32.2. The quantitative estimate of drug-likeness (QED) is 0.0598. The minimum Gasteiger partial charge on any atom is -0.391 e. The third kappa shape index (κ3) is 5.91. The number of nitrogens with zero attached hydrogens (tertiary/aromatic N) is 1. The van der Waals surface area contributed by atoms with E-state index in [1.807, 2.05) is 0 Å². The van der Waals surface area contributed by atoms with E-state index in [0.717, 1.165) is 6.07 Å². The summed E-state index contributed by atoms with van der Waals surface area (Å²) in [6.45, 7) is 1.12. The van der Waals surface area contributed by atoms with Gasteiger partial charge in [-0.2, -0.15) is 0 Å². The first kappa shape index (κ1) is 26.4. The van der Waals surface area contributed by atoms with E-state index >= 15 is 0 Å². The normalized spacial score (nSPS) is 11.1. The van der Waals surface area contributed by atoms with Gasteiger partial charge in [0, 0.05) is 5.69 Å². The van der Waals surface area contributed by atoms with E-state index in [9.17, 15) is 40.0 Å². The third-order valence-electron chi connectivity index (χ3n) is 3.96. The van der Waals surface area contributed by atoms with Crippen LogP contribution in [-0.4, -0.2) is 38.4 Å². The van der Waals surface area contributed by atoms with Crippen molar-refractivity contribution in [3.05, 3.63) is 56.8 Å². The average Bonchev–Trinajstić information content (AvgIpc) is 2.72. The van der Waals surface area contributed by atoms with Crippen molar-refractivity contribution in [1.29, 1.82) is 0 Å². The number of halogens is 5. The van der Waals surface area contributed by atoms with Gasteiger partial charge in [-0.25, -0.2) is 30.4 Å². The number of benzene rings is 1. The van der Waals surface area contributed by atoms with E-state index in [2.05, 4.69) is 20.3 Å². The van der Waals surface area contributed by atoms with Gasteiger partial charge in [-0.1, -0.05) is 0 Å². The number of carbonyl (C=O) groups is 1. The predicted octanol–water partition coefficient (Wildman–Crippen LogP) is 0.0433. The number of aromatic amines is 1. The van der Waals surface area contributed by atoms with Crippen molar-refractivity contribution < 1.29 is 40.0 Å². The number of aromatic nitrogens is 1. The molecule has 1 amide bonds. The van der Waals surface area contributed by atoms with Crippen LogP contribution in [0.25, 0.3) is 0 Å². The molecule has 17 heteroatoms. The van der Waals surface area contributed by atoms with Crippen molar-refractivity contribution in [2.24, 2.45) is 16.6 Å². The SMILES string of the molecule is Cc1cc(CC(=O)NCCON=C(N)N)c(NS(=O)(=O)c2c(F)c(F)c(F)c(F)c2F)c(=O)[nH]1. The molecule has 186 valence electrons. The molecule has 0 aliphatic carbocycles. The lowest BCUT2D eigenvalue weighted by Gasteiger charge is -2.14. The molecule has 7 N–H and O–H groups in total. The summed E-state index contributed by atoms with van der Waals surface area (Å²) in [5.74, 6) is -14.0. The second-order valence-electron chi connectivity index (χ2n) is 6.56. The van der Waals surface area contributed by atoms with Crippen molar-refractivity contribution in [2.75, 3.05) is 17.9 Å². The zero-order chi connectivity index (χ0) is 25.8. The molecule has 0 fully saturated rings. The summed E-state index contributed by atoms with van der Waals surface area (Å²) in [4.78, 5) is 29.1. The summed E-state index contributed by atoms with van der Waals surface area (Å²) in [6.07, 6.45) is -0.623. The van der Waals surface area contributed by atoms with Gasteiger partial charge in [0.05, 0.1) is 13.0 Å². The Hall–Kier alpha value is -3.89. The lowest BCUT2D eigenvalue weighted by molar-refractivity contribution is -0.120. The van der Waals surface area contributed by atoms with E-state index in [1.165, 1.54) is 11.6 Å². The number of guanidine groups is 1. The molecule has 11 nitrogen and oxygen atoms in total. The third-order valence-corrected chi connectivity index (χ3v) is 5.33. The zero-order valence-corrected chi connectivity index (χ0v) is 18.0. The minimum atomic E-state index is -5.52. The molecule has 0 unspecified atom stereocenters. The van der Waals surface area contributed by atoms with Crippen LogP contribution in [0.5, 0.6) is 0 Å². The van der Waals surface area contributed by atoms with Gasteiger partial charge in [0.1, 0.15) is 12.3 Å². The number of nitrogens with two attached hydrogens (primary N) is 2. The summed E-state index contributed by atoms with van der Waals surface area (Å²) in [5, 5.41) is 5.54. The first-order chi connectivity index (χ1) is 15.8. The Bertz CT molecular complexity index is 1280. The molecule has 0 aliphatic heterocycles. The molecule has 2 rings (SSSR count). The molecule has 0 radical (unpaired) electrons. The highest BCUT2D eigenvalue weighted by molar-refractivity contribution is 7.92. The maximum Gasteiger partial charge on any atom is 0.272 e. The van der Waals surface area contributed by atoms with Crippen molar-refractivity contribution in [3.63, 3.8) is 0 Å². The Labute approximate surface area is 188 Å². The topological polar surface area (TPSA) is 182 Å².